The minimum Gasteiger partial charge on any atom is -0.307 e. The van der Waals surface area contributed by atoms with Crippen LogP contribution in [0.4, 0.5) is 0 Å². The van der Waals surface area contributed by atoms with Crippen LogP contribution in [0.1, 0.15) is 81.1 Å². The third-order valence-electron chi connectivity index (χ3n) is 7.53. The quantitative estimate of drug-likeness (QED) is 0.638. The van der Waals surface area contributed by atoms with Crippen LogP contribution in [0, 0.1) is 0 Å². The van der Waals surface area contributed by atoms with E-state index in [1.54, 1.807) is 0 Å². The first-order chi connectivity index (χ1) is 14.6. The van der Waals surface area contributed by atoms with Crippen molar-refractivity contribution in [2.24, 2.45) is 0 Å². The molecule has 3 heterocycles. The minimum absolute atomic E-state index is 0.0279. The van der Waals surface area contributed by atoms with Gasteiger partial charge in [-0.15, -0.1) is 0 Å². The molecule has 180 valence electrons. The van der Waals surface area contributed by atoms with Gasteiger partial charge in [0.05, 0.1) is 0 Å². The van der Waals surface area contributed by atoms with Gasteiger partial charge in [0, 0.05) is 52.6 Å². The van der Waals surface area contributed by atoms with Crippen molar-refractivity contribution < 1.29 is 4.57 Å². The van der Waals surface area contributed by atoms with Gasteiger partial charge in [0.1, 0.15) is 0 Å². The smallest absolute Gasteiger partial charge is 0.246 e. The Labute approximate surface area is 196 Å². The van der Waals surface area contributed by atoms with Crippen molar-refractivity contribution in [3.8, 4) is 0 Å². The number of benzene rings is 1. The second-order valence-corrected chi connectivity index (χ2v) is 15.7. The normalized spacial score (nSPS) is 30.4. The Hall–Kier alpha value is -0.710. The highest BCUT2D eigenvalue weighted by Gasteiger charge is 2.54. The van der Waals surface area contributed by atoms with Crippen molar-refractivity contribution in [2.75, 3.05) is 13.1 Å². The molecule has 3 fully saturated rings. The van der Waals surface area contributed by atoms with Crippen LogP contribution in [0.25, 0.3) is 0 Å². The third kappa shape index (κ3) is 4.74. The van der Waals surface area contributed by atoms with Crippen LogP contribution in [-0.4, -0.2) is 56.7 Å². The van der Waals surface area contributed by atoms with Crippen LogP contribution in [-0.2, 0) is 4.57 Å². The summed E-state index contributed by atoms with van der Waals surface area (Å²) < 4.78 is 20.2. The summed E-state index contributed by atoms with van der Waals surface area (Å²) in [6.45, 7) is 20.1. The van der Waals surface area contributed by atoms with Gasteiger partial charge in [-0.2, -0.15) is 0 Å². The molecule has 0 aromatic heterocycles. The highest BCUT2D eigenvalue weighted by molar-refractivity contribution is 7.67. The van der Waals surface area contributed by atoms with E-state index in [1.165, 1.54) is 0 Å². The van der Waals surface area contributed by atoms with Crippen molar-refractivity contribution in [1.29, 1.82) is 0 Å². The summed E-state index contributed by atoms with van der Waals surface area (Å²) in [5, 5.41) is 8.62. The zero-order valence-corrected chi connectivity index (χ0v) is 22.4. The number of rotatable bonds is 3. The summed E-state index contributed by atoms with van der Waals surface area (Å²) in [7, 11) is -2.89. The number of nitrogens with one attached hydrogen (secondary N) is 2. The third-order valence-corrected chi connectivity index (χ3v) is 10.9. The zero-order chi connectivity index (χ0) is 23.6. The van der Waals surface area contributed by atoms with E-state index in [2.05, 4.69) is 99.6 Å². The monoisotopic (exact) mass is 460 g/mol. The fourth-order valence-corrected chi connectivity index (χ4v) is 10.7. The van der Waals surface area contributed by atoms with Gasteiger partial charge >= 0.3 is 0 Å². The molecule has 1 aromatic carbocycles. The van der Waals surface area contributed by atoms with Crippen molar-refractivity contribution in [1.82, 2.24) is 20.0 Å². The second kappa shape index (κ2) is 7.92. The lowest BCUT2D eigenvalue weighted by molar-refractivity contribution is 0.112. The lowest BCUT2D eigenvalue weighted by atomic mass is 9.79. The van der Waals surface area contributed by atoms with Crippen LogP contribution in [0.3, 0.4) is 0 Å². The summed E-state index contributed by atoms with van der Waals surface area (Å²) in [4.78, 5) is 0. The molecule has 0 bridgehead atoms. The fraction of sp³-hybridized carbons (Fsp3) is 0.769. The summed E-state index contributed by atoms with van der Waals surface area (Å²) >= 11 is 0. The first-order valence-corrected chi connectivity index (χ1v) is 14.0. The van der Waals surface area contributed by atoms with E-state index in [4.69, 9.17) is 0 Å². The molecule has 4 rings (SSSR count). The summed E-state index contributed by atoms with van der Waals surface area (Å²) in [6.07, 6.45) is 4.07. The largest absolute Gasteiger partial charge is 0.307 e. The Morgan fingerprint density at radius 3 is 1.38 bits per heavy atom. The Bertz CT molecular complexity index is 797. The number of hydrogen-bond acceptors (Lipinski definition) is 3. The van der Waals surface area contributed by atoms with Gasteiger partial charge in [0.25, 0.3) is 0 Å². The molecule has 0 aliphatic carbocycles. The van der Waals surface area contributed by atoms with Crippen LogP contribution in [0.2, 0.25) is 0 Å². The predicted molar refractivity (Wildman–Crippen MR) is 136 cm³/mol. The Balaban J connectivity index is 1.74. The van der Waals surface area contributed by atoms with Crippen LogP contribution in [0.5, 0.6) is 0 Å². The molecule has 6 heteroatoms. The fourth-order valence-electron chi connectivity index (χ4n) is 7.31. The molecule has 32 heavy (non-hydrogen) atoms. The van der Waals surface area contributed by atoms with Gasteiger partial charge in [0.15, 0.2) is 0 Å². The van der Waals surface area contributed by atoms with Gasteiger partial charge in [-0.25, -0.2) is 9.34 Å². The Morgan fingerprint density at radius 1 is 0.688 bits per heavy atom. The molecule has 3 saturated heterocycles. The van der Waals surface area contributed by atoms with Crippen molar-refractivity contribution in [2.45, 2.75) is 115 Å². The highest BCUT2D eigenvalue weighted by atomic mass is 31.2. The van der Waals surface area contributed by atoms with Gasteiger partial charge in [-0.05, 0) is 93.2 Å². The molecule has 0 saturated carbocycles. The molecule has 0 unspecified atom stereocenters. The summed E-state index contributed by atoms with van der Waals surface area (Å²) in [5.41, 5.74) is 0.111. The first-order valence-electron chi connectivity index (χ1n) is 12.4. The van der Waals surface area contributed by atoms with Crippen LogP contribution in [0.15, 0.2) is 30.3 Å². The SMILES string of the molecule is CC1(C)CC(N2CCN(C3CC(C)(C)NC(C)(C)C3)P2(=O)c2ccccc2)CC(C)(C)N1. The lowest BCUT2D eigenvalue weighted by Crippen LogP contribution is -2.62. The van der Waals surface area contributed by atoms with E-state index >= 15 is 4.57 Å². The molecule has 0 radical (unpaired) electrons. The average Bonchev–Trinajstić information content (AvgIpc) is 2.96. The Morgan fingerprint density at radius 2 is 1.03 bits per heavy atom. The van der Waals surface area contributed by atoms with E-state index in [9.17, 15) is 0 Å². The van der Waals surface area contributed by atoms with Gasteiger partial charge in [-0.1, -0.05) is 18.2 Å². The molecular weight excluding hydrogens is 415 g/mol. The minimum atomic E-state index is -2.89. The first kappa shape index (κ1) is 24.4. The molecule has 1 aromatic rings. The van der Waals surface area contributed by atoms with Gasteiger partial charge < -0.3 is 10.6 Å². The topological polar surface area (TPSA) is 47.6 Å². The van der Waals surface area contributed by atoms with Gasteiger partial charge in [0.2, 0.25) is 7.44 Å². The standard InChI is InChI=1S/C26H45N4OP/c1-23(2)16-20(17-24(3,4)27-23)29-14-15-30(32(29,31)22-12-10-9-11-13-22)21-18-25(5,6)28-26(7,8)19-21/h9-13,20-21,27-28H,14-19H2,1-8H3. The average molecular weight is 461 g/mol. The van der Waals surface area contributed by atoms with Crippen molar-refractivity contribution in [3.05, 3.63) is 30.3 Å². The molecule has 0 atom stereocenters. The molecule has 0 amide bonds. The number of piperidine rings is 2. The van der Waals surface area contributed by atoms with E-state index in [-0.39, 0.29) is 22.2 Å². The Kier molecular flexibility index (Phi) is 6.04. The van der Waals surface area contributed by atoms with Crippen LogP contribution < -0.4 is 15.9 Å². The van der Waals surface area contributed by atoms with Gasteiger partial charge in [-0.3, -0.25) is 4.57 Å². The summed E-state index contributed by atoms with van der Waals surface area (Å²) in [6, 6.07) is 10.9. The van der Waals surface area contributed by atoms with Crippen LogP contribution >= 0.6 is 7.44 Å². The van der Waals surface area contributed by atoms with E-state index in [0.29, 0.717) is 12.1 Å². The highest BCUT2D eigenvalue weighted by Crippen LogP contribution is 2.61. The molecule has 2 N–H and O–H groups in total. The molecule has 0 spiro atoms. The van der Waals surface area contributed by atoms with E-state index in [1.807, 2.05) is 6.07 Å². The number of nitrogens with zero attached hydrogens (tertiary/aromatic N) is 2. The molecular formula is C26H45N4OP. The van der Waals surface area contributed by atoms with E-state index in [0.717, 1.165) is 44.1 Å². The number of hydrogen-bond donors (Lipinski definition) is 2. The molecule has 3 aliphatic rings. The molecule has 5 nitrogen and oxygen atoms in total. The van der Waals surface area contributed by atoms with Crippen molar-refractivity contribution in [3.63, 3.8) is 0 Å². The maximum atomic E-state index is 15.3. The molecule has 3 aliphatic heterocycles. The van der Waals surface area contributed by atoms with E-state index < -0.39 is 7.44 Å². The lowest BCUT2D eigenvalue weighted by Gasteiger charge is -2.52. The maximum Gasteiger partial charge on any atom is 0.246 e. The maximum absolute atomic E-state index is 15.3. The predicted octanol–water partition coefficient (Wildman–Crippen LogP) is 4.74. The zero-order valence-electron chi connectivity index (χ0n) is 21.5. The van der Waals surface area contributed by atoms with Crippen molar-refractivity contribution >= 4 is 12.7 Å². The summed E-state index contributed by atoms with van der Waals surface area (Å²) in [5.74, 6) is 0. The second-order valence-electron chi connectivity index (χ2n) is 13.1.